The second kappa shape index (κ2) is 7.54. The van der Waals surface area contributed by atoms with Crippen LogP contribution in [0.15, 0.2) is 0 Å². The van der Waals surface area contributed by atoms with Crippen LogP contribution in [-0.4, -0.2) is 28.9 Å². The molecule has 1 rings (SSSR count). The van der Waals surface area contributed by atoms with Gasteiger partial charge in [-0.2, -0.15) is 0 Å². The van der Waals surface area contributed by atoms with Gasteiger partial charge < -0.3 is 10.1 Å². The molecule has 0 bridgehead atoms. The zero-order chi connectivity index (χ0) is 16.0. The van der Waals surface area contributed by atoms with Crippen LogP contribution in [0.25, 0.3) is 0 Å². The van der Waals surface area contributed by atoms with Gasteiger partial charge in [-0.25, -0.2) is 9.78 Å². The Kier molecular flexibility index (Phi) is 6.33. The lowest BCUT2D eigenvalue weighted by Gasteiger charge is -2.31. The number of nitrogens with one attached hydrogen (secondary N) is 1. The lowest BCUT2D eigenvalue weighted by molar-refractivity contribution is 0.0517. The molecule has 0 saturated heterocycles. The van der Waals surface area contributed by atoms with Crippen molar-refractivity contribution in [1.82, 2.24) is 4.98 Å². The van der Waals surface area contributed by atoms with E-state index in [4.69, 9.17) is 4.74 Å². The standard InChI is InChI=1S/C15H24N2O3S/c1-6-15(7-2,8-3)17-14-16-11(13(19)20-9-4)12(21-14)10(5)18/h6-9H2,1-5H3,(H,16,17). The normalized spacial score (nSPS) is 11.3. The van der Waals surface area contributed by atoms with E-state index in [9.17, 15) is 9.59 Å². The molecule has 0 amide bonds. The summed E-state index contributed by atoms with van der Waals surface area (Å²) in [6.07, 6.45) is 2.84. The number of esters is 1. The van der Waals surface area contributed by atoms with E-state index in [0.29, 0.717) is 10.0 Å². The molecule has 118 valence electrons. The first-order chi connectivity index (χ1) is 9.92. The number of Topliss-reactive ketones (excluding diaryl/α,β-unsaturated/α-hetero) is 1. The second-order valence-electron chi connectivity index (χ2n) is 4.94. The minimum atomic E-state index is -0.540. The van der Waals surface area contributed by atoms with Crippen LogP contribution < -0.4 is 5.32 Å². The summed E-state index contributed by atoms with van der Waals surface area (Å²) < 4.78 is 4.97. The van der Waals surface area contributed by atoms with Gasteiger partial charge in [-0.3, -0.25) is 4.79 Å². The van der Waals surface area contributed by atoms with Crippen molar-refractivity contribution in [2.45, 2.75) is 59.4 Å². The number of ether oxygens (including phenoxy) is 1. The number of hydrogen-bond acceptors (Lipinski definition) is 6. The molecule has 0 radical (unpaired) electrons. The summed E-state index contributed by atoms with van der Waals surface area (Å²) in [5, 5.41) is 4.01. The van der Waals surface area contributed by atoms with Crippen LogP contribution in [0.5, 0.6) is 0 Å². The van der Waals surface area contributed by atoms with Crippen molar-refractivity contribution >= 4 is 28.2 Å². The van der Waals surface area contributed by atoms with Crippen molar-refractivity contribution in [2.75, 3.05) is 11.9 Å². The Balaban J connectivity index is 3.13. The first-order valence-electron chi connectivity index (χ1n) is 7.40. The van der Waals surface area contributed by atoms with Crippen LogP contribution in [0.4, 0.5) is 5.13 Å². The van der Waals surface area contributed by atoms with Gasteiger partial charge in [-0.05, 0) is 26.2 Å². The molecule has 0 aliphatic heterocycles. The van der Waals surface area contributed by atoms with Crippen LogP contribution in [0.2, 0.25) is 0 Å². The van der Waals surface area contributed by atoms with E-state index in [0.717, 1.165) is 19.3 Å². The quantitative estimate of drug-likeness (QED) is 0.582. The highest BCUT2D eigenvalue weighted by Gasteiger charge is 2.28. The fraction of sp³-hybridized carbons (Fsp3) is 0.667. The van der Waals surface area contributed by atoms with Crippen LogP contribution in [-0.2, 0) is 4.74 Å². The number of hydrogen-bond donors (Lipinski definition) is 1. The second-order valence-corrected chi connectivity index (χ2v) is 5.94. The average molecular weight is 312 g/mol. The fourth-order valence-electron chi connectivity index (χ4n) is 2.19. The van der Waals surface area contributed by atoms with E-state index in [2.05, 4.69) is 31.1 Å². The summed E-state index contributed by atoms with van der Waals surface area (Å²) >= 11 is 1.22. The van der Waals surface area contributed by atoms with Crippen molar-refractivity contribution in [3.05, 3.63) is 10.6 Å². The van der Waals surface area contributed by atoms with E-state index < -0.39 is 5.97 Å². The highest BCUT2D eigenvalue weighted by molar-refractivity contribution is 7.17. The molecule has 1 aromatic heterocycles. The van der Waals surface area contributed by atoms with Gasteiger partial charge in [0, 0.05) is 12.5 Å². The maximum Gasteiger partial charge on any atom is 0.358 e. The van der Waals surface area contributed by atoms with Crippen LogP contribution in [0.3, 0.4) is 0 Å². The van der Waals surface area contributed by atoms with E-state index in [-0.39, 0.29) is 23.6 Å². The van der Waals surface area contributed by atoms with Gasteiger partial charge in [0.2, 0.25) is 0 Å². The highest BCUT2D eigenvalue weighted by Crippen LogP contribution is 2.30. The van der Waals surface area contributed by atoms with Crippen molar-refractivity contribution in [1.29, 1.82) is 0 Å². The lowest BCUT2D eigenvalue weighted by atomic mass is 9.90. The third kappa shape index (κ3) is 4.03. The molecule has 0 saturated carbocycles. The number of thiazole rings is 1. The summed E-state index contributed by atoms with van der Waals surface area (Å²) in [4.78, 5) is 28.2. The number of rotatable bonds is 8. The number of ketones is 1. The number of anilines is 1. The minimum absolute atomic E-state index is 0.0577. The van der Waals surface area contributed by atoms with Crippen LogP contribution in [0, 0.1) is 0 Å². The van der Waals surface area contributed by atoms with E-state index in [1.54, 1.807) is 6.92 Å². The van der Waals surface area contributed by atoms with Gasteiger partial charge in [0.05, 0.1) is 6.61 Å². The molecule has 0 fully saturated rings. The Morgan fingerprint density at radius 2 is 1.76 bits per heavy atom. The topological polar surface area (TPSA) is 68.3 Å². The molecule has 6 heteroatoms. The summed E-state index contributed by atoms with van der Waals surface area (Å²) in [5.74, 6) is -0.708. The number of nitrogens with zero attached hydrogens (tertiary/aromatic N) is 1. The maximum absolute atomic E-state index is 11.9. The van der Waals surface area contributed by atoms with Gasteiger partial charge in [-0.15, -0.1) is 0 Å². The first kappa shape index (κ1) is 17.6. The number of carbonyl (C=O) groups excluding carboxylic acids is 2. The monoisotopic (exact) mass is 312 g/mol. The van der Waals surface area contributed by atoms with E-state index >= 15 is 0 Å². The zero-order valence-corrected chi connectivity index (χ0v) is 14.2. The molecule has 0 aromatic carbocycles. The smallest absolute Gasteiger partial charge is 0.358 e. The minimum Gasteiger partial charge on any atom is -0.461 e. The Morgan fingerprint density at radius 3 is 2.19 bits per heavy atom. The van der Waals surface area contributed by atoms with Crippen LogP contribution >= 0.6 is 11.3 Å². The molecule has 0 atom stereocenters. The molecule has 1 aromatic rings. The predicted molar refractivity (Wildman–Crippen MR) is 85.3 cm³/mol. The number of aromatic nitrogens is 1. The Morgan fingerprint density at radius 1 is 1.19 bits per heavy atom. The lowest BCUT2D eigenvalue weighted by Crippen LogP contribution is -2.36. The Bertz CT molecular complexity index is 499. The zero-order valence-electron chi connectivity index (χ0n) is 13.4. The molecular formula is C15H24N2O3S. The molecule has 21 heavy (non-hydrogen) atoms. The fourth-order valence-corrected chi connectivity index (χ4v) is 3.16. The molecule has 1 heterocycles. The van der Waals surface area contributed by atoms with E-state index in [1.165, 1.54) is 18.3 Å². The maximum atomic E-state index is 11.9. The van der Waals surface area contributed by atoms with Gasteiger partial charge in [0.15, 0.2) is 16.6 Å². The molecule has 5 nitrogen and oxygen atoms in total. The van der Waals surface area contributed by atoms with Gasteiger partial charge in [-0.1, -0.05) is 32.1 Å². The average Bonchev–Trinajstić information content (AvgIpc) is 2.89. The largest absolute Gasteiger partial charge is 0.461 e. The SMILES string of the molecule is CCOC(=O)c1nc(NC(CC)(CC)CC)sc1C(C)=O. The van der Waals surface area contributed by atoms with Crippen molar-refractivity contribution in [3.63, 3.8) is 0 Å². The first-order valence-corrected chi connectivity index (χ1v) is 8.21. The van der Waals surface area contributed by atoms with Crippen molar-refractivity contribution in [2.24, 2.45) is 0 Å². The third-order valence-corrected chi connectivity index (χ3v) is 4.89. The molecule has 0 unspecified atom stereocenters. The van der Waals surface area contributed by atoms with Gasteiger partial charge >= 0.3 is 5.97 Å². The molecule has 1 N–H and O–H groups in total. The van der Waals surface area contributed by atoms with Gasteiger partial charge in [0.1, 0.15) is 4.88 Å². The Labute approximate surface area is 130 Å². The molecule has 0 aliphatic rings. The number of carbonyl (C=O) groups is 2. The summed E-state index contributed by atoms with van der Waals surface area (Å²) in [6, 6.07) is 0. The molecule has 0 spiro atoms. The third-order valence-electron chi connectivity index (χ3n) is 3.82. The highest BCUT2D eigenvalue weighted by atomic mass is 32.1. The Hall–Kier alpha value is -1.43. The van der Waals surface area contributed by atoms with Crippen LogP contribution in [0.1, 0.15) is 74.0 Å². The van der Waals surface area contributed by atoms with E-state index in [1.807, 2.05) is 0 Å². The molecule has 0 aliphatic carbocycles. The van der Waals surface area contributed by atoms with Gasteiger partial charge in [0.25, 0.3) is 0 Å². The summed E-state index contributed by atoms with van der Waals surface area (Å²) in [7, 11) is 0. The summed E-state index contributed by atoms with van der Waals surface area (Å²) in [6.45, 7) is 9.78. The molecular weight excluding hydrogens is 288 g/mol. The predicted octanol–water partition coefficient (Wildman–Crippen LogP) is 3.90. The summed E-state index contributed by atoms with van der Waals surface area (Å²) in [5.41, 5.74) is 0.0618. The van der Waals surface area contributed by atoms with Crippen molar-refractivity contribution in [3.8, 4) is 0 Å². The van der Waals surface area contributed by atoms with Crippen molar-refractivity contribution < 1.29 is 14.3 Å².